The first-order valence-electron chi connectivity index (χ1n) is 10.8. The fourth-order valence-corrected chi connectivity index (χ4v) is 7.02. The Morgan fingerprint density at radius 1 is 1.17 bits per heavy atom. The van der Waals surface area contributed by atoms with Crippen molar-refractivity contribution >= 4 is 38.6 Å². The fraction of sp³-hybridized carbons (Fsp3) is 0.591. The predicted molar refractivity (Wildman–Crippen MR) is 117 cm³/mol. The monoisotopic (exact) mass is 428 g/mol. The van der Waals surface area contributed by atoms with E-state index >= 15 is 0 Å². The van der Waals surface area contributed by atoms with Crippen molar-refractivity contribution in [3.63, 3.8) is 0 Å². The minimum absolute atomic E-state index is 0.0108. The lowest BCUT2D eigenvalue weighted by Crippen LogP contribution is -2.61. The topological polar surface area (TPSA) is 92.3 Å². The van der Waals surface area contributed by atoms with Gasteiger partial charge in [-0.15, -0.1) is 0 Å². The van der Waals surface area contributed by atoms with Crippen LogP contribution in [0.5, 0.6) is 5.75 Å². The second kappa shape index (κ2) is 7.72. The molecule has 8 heteroatoms. The van der Waals surface area contributed by atoms with Crippen molar-refractivity contribution < 1.29 is 14.3 Å². The molecule has 1 heterocycles. The molecule has 0 radical (unpaired) electrons. The van der Waals surface area contributed by atoms with E-state index < -0.39 is 0 Å². The van der Waals surface area contributed by atoms with E-state index in [2.05, 4.69) is 20.9 Å². The summed E-state index contributed by atoms with van der Waals surface area (Å²) in [5.74, 6) is 2.97. The molecule has 0 unspecified atom stereocenters. The Labute approximate surface area is 180 Å². The minimum Gasteiger partial charge on any atom is -0.497 e. The van der Waals surface area contributed by atoms with E-state index in [0.29, 0.717) is 11.7 Å². The van der Waals surface area contributed by atoms with Crippen LogP contribution in [0.1, 0.15) is 44.9 Å². The molecular weight excluding hydrogens is 400 g/mol. The summed E-state index contributed by atoms with van der Waals surface area (Å²) in [6.07, 6.45) is 7.62. The summed E-state index contributed by atoms with van der Waals surface area (Å²) >= 11 is 1.41. The lowest BCUT2D eigenvalue weighted by molar-refractivity contribution is -0.116. The first-order valence-corrected chi connectivity index (χ1v) is 11.6. The van der Waals surface area contributed by atoms with Crippen molar-refractivity contribution in [1.29, 1.82) is 0 Å². The van der Waals surface area contributed by atoms with Gasteiger partial charge in [-0.2, -0.15) is 0 Å². The van der Waals surface area contributed by atoms with Crippen molar-refractivity contribution in [2.24, 2.45) is 17.8 Å². The van der Waals surface area contributed by atoms with E-state index in [1.54, 1.807) is 7.11 Å². The number of fused-ring (bicyclic) bond motifs is 1. The average molecular weight is 429 g/mol. The number of carbonyl (C=O) groups is 2. The van der Waals surface area contributed by atoms with Gasteiger partial charge >= 0.3 is 6.03 Å². The number of urea groups is 1. The normalized spacial score (nSPS) is 29.0. The molecule has 4 aliphatic carbocycles. The lowest BCUT2D eigenvalue weighted by atomic mass is 9.53. The Hall–Kier alpha value is -2.35. The molecule has 2 aromatic rings. The van der Waals surface area contributed by atoms with Gasteiger partial charge in [-0.25, -0.2) is 9.78 Å². The van der Waals surface area contributed by atoms with Crippen LogP contribution in [0.4, 0.5) is 9.93 Å². The Morgan fingerprint density at radius 3 is 2.53 bits per heavy atom. The maximum Gasteiger partial charge on any atom is 0.315 e. The molecule has 160 valence electrons. The summed E-state index contributed by atoms with van der Waals surface area (Å²) in [6.45, 7) is 0.308. The third kappa shape index (κ3) is 3.97. The van der Waals surface area contributed by atoms with Gasteiger partial charge in [0.15, 0.2) is 5.13 Å². The number of hydrogen-bond donors (Lipinski definition) is 3. The molecule has 0 atom stereocenters. The van der Waals surface area contributed by atoms with Crippen LogP contribution in [-0.4, -0.2) is 36.1 Å². The highest BCUT2D eigenvalue weighted by atomic mass is 32.1. The van der Waals surface area contributed by atoms with Crippen LogP contribution in [0.3, 0.4) is 0 Å². The third-order valence-electron chi connectivity index (χ3n) is 6.90. The third-order valence-corrected chi connectivity index (χ3v) is 7.83. The number of rotatable bonds is 6. The van der Waals surface area contributed by atoms with Crippen LogP contribution >= 0.6 is 11.3 Å². The highest BCUT2D eigenvalue weighted by Gasteiger charge is 2.51. The molecule has 3 N–H and O–H groups in total. The van der Waals surface area contributed by atoms with Gasteiger partial charge in [0.1, 0.15) is 5.75 Å². The molecule has 1 aromatic heterocycles. The van der Waals surface area contributed by atoms with Gasteiger partial charge in [0.05, 0.1) is 17.3 Å². The molecule has 6 rings (SSSR count). The molecule has 4 bridgehead atoms. The summed E-state index contributed by atoms with van der Waals surface area (Å²) in [7, 11) is 1.62. The van der Waals surface area contributed by atoms with Crippen molar-refractivity contribution in [2.45, 2.75) is 50.5 Å². The summed E-state index contributed by atoms with van der Waals surface area (Å²) < 4.78 is 6.18. The second-order valence-corrected chi connectivity index (χ2v) is 10.3. The maximum absolute atomic E-state index is 12.5. The number of hydrogen-bond acceptors (Lipinski definition) is 5. The molecule has 0 aliphatic heterocycles. The van der Waals surface area contributed by atoms with Gasteiger partial charge in [-0.05, 0) is 74.5 Å². The molecule has 3 amide bonds. The fourth-order valence-electron chi connectivity index (χ4n) is 6.11. The predicted octanol–water partition coefficient (Wildman–Crippen LogP) is 3.90. The number of amides is 3. The zero-order valence-corrected chi connectivity index (χ0v) is 18.0. The summed E-state index contributed by atoms with van der Waals surface area (Å²) in [4.78, 5) is 29.2. The zero-order chi connectivity index (χ0) is 20.7. The molecule has 4 saturated carbocycles. The van der Waals surface area contributed by atoms with Crippen LogP contribution < -0.4 is 20.7 Å². The molecule has 0 saturated heterocycles. The largest absolute Gasteiger partial charge is 0.497 e. The smallest absolute Gasteiger partial charge is 0.315 e. The molecule has 1 aromatic carbocycles. The Morgan fingerprint density at radius 2 is 1.87 bits per heavy atom. The highest BCUT2D eigenvalue weighted by molar-refractivity contribution is 7.22. The standard InChI is InChI=1S/C22H28N4O3S/c1-29-16-2-3-17-18(9-16)30-21(24-17)25-19(27)4-5-23-20(28)26-22-10-13-6-14(11-22)8-15(7-13)12-22/h2-3,9,13-15H,4-8,10-12H2,1H3,(H2,23,26,28)(H,24,25,27). The highest BCUT2D eigenvalue weighted by Crippen LogP contribution is 2.55. The number of methoxy groups -OCH3 is 1. The quantitative estimate of drug-likeness (QED) is 0.651. The van der Waals surface area contributed by atoms with Crippen LogP contribution in [0.25, 0.3) is 10.2 Å². The van der Waals surface area contributed by atoms with Crippen molar-refractivity contribution in [3.8, 4) is 5.75 Å². The van der Waals surface area contributed by atoms with Crippen molar-refractivity contribution in [2.75, 3.05) is 19.0 Å². The van der Waals surface area contributed by atoms with E-state index in [4.69, 9.17) is 4.74 Å². The SMILES string of the molecule is COc1ccc2nc(NC(=O)CCNC(=O)NC34CC5CC(CC(C5)C3)C4)sc2c1. The van der Waals surface area contributed by atoms with Crippen molar-refractivity contribution in [1.82, 2.24) is 15.6 Å². The number of aromatic nitrogens is 1. The lowest BCUT2D eigenvalue weighted by Gasteiger charge is -2.56. The first kappa shape index (κ1) is 19.6. The molecule has 4 aliphatic rings. The van der Waals surface area contributed by atoms with Crippen LogP contribution in [0.2, 0.25) is 0 Å². The Kier molecular flexibility index (Phi) is 5.05. The zero-order valence-electron chi connectivity index (χ0n) is 17.2. The van der Waals surface area contributed by atoms with E-state index in [0.717, 1.165) is 53.0 Å². The van der Waals surface area contributed by atoms with Crippen molar-refractivity contribution in [3.05, 3.63) is 18.2 Å². The summed E-state index contributed by atoms with van der Waals surface area (Å²) in [5, 5.41) is 9.53. The number of thiazole rings is 1. The van der Waals surface area contributed by atoms with E-state index in [-0.39, 0.29) is 23.9 Å². The summed E-state index contributed by atoms with van der Waals surface area (Å²) in [6, 6.07) is 5.48. The number of anilines is 1. The number of carbonyl (C=O) groups excluding carboxylic acids is 2. The van der Waals surface area contributed by atoms with Gasteiger partial charge < -0.3 is 20.7 Å². The number of nitrogens with zero attached hydrogens (tertiary/aromatic N) is 1. The molecule has 7 nitrogen and oxygen atoms in total. The van der Waals surface area contributed by atoms with Crippen LogP contribution in [0, 0.1) is 17.8 Å². The molecule has 4 fully saturated rings. The van der Waals surface area contributed by atoms with E-state index in [9.17, 15) is 9.59 Å². The first-order chi connectivity index (χ1) is 14.5. The van der Waals surface area contributed by atoms with E-state index in [1.807, 2.05) is 18.2 Å². The van der Waals surface area contributed by atoms with Crippen LogP contribution in [0.15, 0.2) is 18.2 Å². The number of ether oxygens (including phenoxy) is 1. The molecule has 0 spiro atoms. The minimum atomic E-state index is -0.156. The van der Waals surface area contributed by atoms with Gasteiger partial charge in [-0.3, -0.25) is 4.79 Å². The molecule has 30 heavy (non-hydrogen) atoms. The Balaban J connectivity index is 1.09. The molecular formula is C22H28N4O3S. The van der Waals surface area contributed by atoms with Gasteiger partial charge in [-0.1, -0.05) is 11.3 Å². The Bertz CT molecular complexity index is 937. The van der Waals surface area contributed by atoms with Crippen LogP contribution in [-0.2, 0) is 4.79 Å². The average Bonchev–Trinajstić information content (AvgIpc) is 3.07. The van der Waals surface area contributed by atoms with E-state index in [1.165, 1.54) is 30.6 Å². The maximum atomic E-state index is 12.5. The van der Waals surface area contributed by atoms with Gasteiger partial charge in [0, 0.05) is 18.5 Å². The summed E-state index contributed by atoms with van der Waals surface area (Å²) in [5.41, 5.74) is 0.813. The second-order valence-electron chi connectivity index (χ2n) is 9.23. The number of nitrogens with one attached hydrogen (secondary N) is 3. The van der Waals surface area contributed by atoms with Gasteiger partial charge in [0.2, 0.25) is 5.91 Å². The number of benzene rings is 1. The van der Waals surface area contributed by atoms with Gasteiger partial charge in [0.25, 0.3) is 0 Å².